The minimum atomic E-state index is -0.225. The molecule has 0 saturated carbocycles. The van der Waals surface area contributed by atoms with Crippen LogP contribution in [0, 0.1) is 0 Å². The molecular weight excluding hydrogens is 390 g/mol. The predicted molar refractivity (Wildman–Crippen MR) is 123 cm³/mol. The standard InChI is InChI=1S/C24H31N5O2/c1-3-27(4-2)17-14-18-10-7-8-16-28(18)24(31)29-21-13-6-5-11-19(21)23(30)26-20-12-9-15-25-22(20)29/h5-6,9,11-13,15,18H,3-4,7-8,10,14,16-17H2,1-2H3,(H,26,30). The lowest BCUT2D eigenvalue weighted by molar-refractivity contribution is 0.102. The third-order valence-corrected chi connectivity index (χ3v) is 6.37. The fraction of sp³-hybridized carbons (Fsp3) is 0.458. The van der Waals surface area contributed by atoms with Gasteiger partial charge in [-0.25, -0.2) is 14.7 Å². The Labute approximate surface area is 184 Å². The Morgan fingerprint density at radius 1 is 1.16 bits per heavy atom. The third-order valence-electron chi connectivity index (χ3n) is 6.37. The zero-order valence-corrected chi connectivity index (χ0v) is 18.4. The van der Waals surface area contributed by atoms with Crippen molar-refractivity contribution in [2.24, 2.45) is 0 Å². The van der Waals surface area contributed by atoms with Gasteiger partial charge in [0.15, 0.2) is 5.82 Å². The summed E-state index contributed by atoms with van der Waals surface area (Å²) in [5.74, 6) is 0.246. The highest BCUT2D eigenvalue weighted by Gasteiger charge is 2.36. The Morgan fingerprint density at radius 3 is 2.77 bits per heavy atom. The number of nitrogens with one attached hydrogen (secondary N) is 1. The van der Waals surface area contributed by atoms with Crippen LogP contribution in [-0.4, -0.2) is 58.9 Å². The molecule has 2 aliphatic heterocycles. The summed E-state index contributed by atoms with van der Waals surface area (Å²) >= 11 is 0. The summed E-state index contributed by atoms with van der Waals surface area (Å²) in [6.45, 7) is 8.09. The Balaban J connectivity index is 1.69. The molecule has 0 spiro atoms. The number of pyridine rings is 1. The molecule has 1 N–H and O–H groups in total. The number of amides is 3. The molecule has 4 rings (SSSR count). The van der Waals surface area contributed by atoms with Gasteiger partial charge in [-0.1, -0.05) is 26.0 Å². The topological polar surface area (TPSA) is 68.8 Å². The van der Waals surface area contributed by atoms with Crippen molar-refractivity contribution in [3.8, 4) is 0 Å². The molecule has 1 aromatic carbocycles. The molecule has 2 aliphatic rings. The van der Waals surface area contributed by atoms with Crippen molar-refractivity contribution in [1.29, 1.82) is 0 Å². The van der Waals surface area contributed by atoms with Crippen molar-refractivity contribution < 1.29 is 9.59 Å². The fourth-order valence-corrected chi connectivity index (χ4v) is 4.58. The van der Waals surface area contributed by atoms with Crippen molar-refractivity contribution >= 4 is 29.1 Å². The lowest BCUT2D eigenvalue weighted by atomic mass is 9.99. The molecule has 1 saturated heterocycles. The normalized spacial score (nSPS) is 18.3. The van der Waals surface area contributed by atoms with E-state index in [1.54, 1.807) is 29.3 Å². The van der Waals surface area contributed by atoms with Gasteiger partial charge in [0.25, 0.3) is 5.91 Å². The monoisotopic (exact) mass is 421 g/mol. The van der Waals surface area contributed by atoms with E-state index in [2.05, 4.69) is 29.0 Å². The first-order chi connectivity index (χ1) is 15.1. The number of anilines is 3. The highest BCUT2D eigenvalue weighted by molar-refractivity contribution is 6.16. The smallest absolute Gasteiger partial charge is 0.321 e. The summed E-state index contributed by atoms with van der Waals surface area (Å²) in [5, 5.41) is 2.91. The Morgan fingerprint density at radius 2 is 1.97 bits per heavy atom. The molecule has 1 atom stereocenters. The zero-order valence-electron chi connectivity index (χ0n) is 18.4. The summed E-state index contributed by atoms with van der Waals surface area (Å²) in [6, 6.07) is 10.9. The number of carbonyl (C=O) groups excluding carboxylic acids is 2. The summed E-state index contributed by atoms with van der Waals surface area (Å²) in [6.07, 6.45) is 5.75. The molecule has 7 heteroatoms. The van der Waals surface area contributed by atoms with E-state index in [1.807, 2.05) is 23.1 Å². The molecule has 1 unspecified atom stereocenters. The molecule has 3 amide bonds. The number of hydrogen-bond donors (Lipinski definition) is 1. The minimum absolute atomic E-state index is 0.104. The van der Waals surface area contributed by atoms with E-state index >= 15 is 0 Å². The van der Waals surface area contributed by atoms with Gasteiger partial charge in [-0.05, 0) is 63.0 Å². The molecule has 164 valence electrons. The number of fused-ring (bicyclic) bond motifs is 2. The van der Waals surface area contributed by atoms with Crippen LogP contribution in [0.2, 0.25) is 0 Å². The second kappa shape index (κ2) is 9.47. The van der Waals surface area contributed by atoms with Crippen molar-refractivity contribution in [3.05, 3.63) is 48.2 Å². The van der Waals surface area contributed by atoms with E-state index in [0.717, 1.165) is 51.9 Å². The zero-order chi connectivity index (χ0) is 21.8. The lowest BCUT2D eigenvalue weighted by Gasteiger charge is -2.39. The largest absolute Gasteiger partial charge is 0.330 e. The van der Waals surface area contributed by atoms with E-state index < -0.39 is 0 Å². The number of benzene rings is 1. The highest BCUT2D eigenvalue weighted by atomic mass is 16.2. The van der Waals surface area contributed by atoms with Gasteiger partial charge in [0, 0.05) is 25.3 Å². The molecule has 0 radical (unpaired) electrons. The van der Waals surface area contributed by atoms with Crippen LogP contribution in [0.1, 0.15) is 49.9 Å². The van der Waals surface area contributed by atoms with E-state index in [0.29, 0.717) is 22.8 Å². The molecule has 0 aliphatic carbocycles. The second-order valence-electron chi connectivity index (χ2n) is 8.12. The van der Waals surface area contributed by atoms with E-state index in [-0.39, 0.29) is 18.0 Å². The van der Waals surface area contributed by atoms with Gasteiger partial charge in [0.1, 0.15) is 0 Å². The van der Waals surface area contributed by atoms with E-state index in [1.165, 1.54) is 0 Å². The number of likely N-dealkylation sites (tertiary alicyclic amines) is 1. The quantitative estimate of drug-likeness (QED) is 0.772. The van der Waals surface area contributed by atoms with Crippen LogP contribution >= 0.6 is 0 Å². The average Bonchev–Trinajstić information content (AvgIpc) is 2.93. The summed E-state index contributed by atoms with van der Waals surface area (Å²) in [7, 11) is 0. The van der Waals surface area contributed by atoms with Crippen molar-refractivity contribution in [2.45, 2.75) is 45.6 Å². The number of para-hydroxylation sites is 1. The molecular formula is C24H31N5O2. The molecule has 2 aromatic rings. The first-order valence-corrected chi connectivity index (χ1v) is 11.3. The minimum Gasteiger partial charge on any atom is -0.321 e. The van der Waals surface area contributed by atoms with Gasteiger partial charge >= 0.3 is 6.03 Å². The van der Waals surface area contributed by atoms with Crippen LogP contribution < -0.4 is 10.2 Å². The van der Waals surface area contributed by atoms with Gasteiger partial charge in [-0.3, -0.25) is 4.79 Å². The second-order valence-corrected chi connectivity index (χ2v) is 8.12. The maximum Gasteiger partial charge on any atom is 0.330 e. The van der Waals surface area contributed by atoms with Crippen LogP contribution in [-0.2, 0) is 0 Å². The summed E-state index contributed by atoms with van der Waals surface area (Å²) in [4.78, 5) is 37.3. The molecule has 0 bridgehead atoms. The SMILES string of the molecule is CCN(CC)CCC1CCCCN1C(=O)N1c2ccccc2C(=O)Nc2cccnc21. The van der Waals surface area contributed by atoms with Gasteiger partial charge in [0.05, 0.1) is 16.9 Å². The maximum atomic E-state index is 14.0. The Kier molecular flexibility index (Phi) is 6.51. The van der Waals surface area contributed by atoms with Gasteiger partial charge < -0.3 is 15.1 Å². The number of rotatable bonds is 5. The van der Waals surface area contributed by atoms with Gasteiger partial charge in [-0.15, -0.1) is 0 Å². The summed E-state index contributed by atoms with van der Waals surface area (Å²) in [5.41, 5.74) is 1.61. The van der Waals surface area contributed by atoms with E-state index in [4.69, 9.17) is 0 Å². The first kappa shape index (κ1) is 21.3. The molecule has 1 aromatic heterocycles. The van der Waals surface area contributed by atoms with Crippen molar-refractivity contribution in [1.82, 2.24) is 14.8 Å². The first-order valence-electron chi connectivity index (χ1n) is 11.3. The number of hydrogen-bond acceptors (Lipinski definition) is 4. The molecule has 3 heterocycles. The van der Waals surface area contributed by atoms with E-state index in [9.17, 15) is 9.59 Å². The number of aromatic nitrogens is 1. The van der Waals surface area contributed by atoms with Gasteiger partial charge in [-0.2, -0.15) is 0 Å². The lowest BCUT2D eigenvalue weighted by Crippen LogP contribution is -2.50. The van der Waals surface area contributed by atoms with Crippen LogP contribution in [0.5, 0.6) is 0 Å². The van der Waals surface area contributed by atoms with Gasteiger partial charge in [0.2, 0.25) is 0 Å². The number of piperidine rings is 1. The maximum absolute atomic E-state index is 14.0. The average molecular weight is 422 g/mol. The highest BCUT2D eigenvalue weighted by Crippen LogP contribution is 2.38. The fourth-order valence-electron chi connectivity index (χ4n) is 4.58. The van der Waals surface area contributed by atoms with Crippen LogP contribution in [0.4, 0.5) is 22.0 Å². The third kappa shape index (κ3) is 4.28. The molecule has 31 heavy (non-hydrogen) atoms. The van der Waals surface area contributed by atoms with Crippen LogP contribution in [0.15, 0.2) is 42.6 Å². The number of urea groups is 1. The Hall–Kier alpha value is -2.93. The molecule has 1 fully saturated rings. The molecule has 7 nitrogen and oxygen atoms in total. The Bertz CT molecular complexity index is 943. The van der Waals surface area contributed by atoms with Crippen molar-refractivity contribution in [2.75, 3.05) is 36.4 Å². The summed E-state index contributed by atoms with van der Waals surface area (Å²) < 4.78 is 0. The predicted octanol–water partition coefficient (Wildman–Crippen LogP) is 4.49. The number of carbonyl (C=O) groups is 2. The van der Waals surface area contributed by atoms with Crippen molar-refractivity contribution in [3.63, 3.8) is 0 Å². The van der Waals surface area contributed by atoms with Crippen LogP contribution in [0.25, 0.3) is 0 Å². The van der Waals surface area contributed by atoms with Crippen LogP contribution in [0.3, 0.4) is 0 Å². The number of nitrogens with zero attached hydrogens (tertiary/aromatic N) is 4.